The summed E-state index contributed by atoms with van der Waals surface area (Å²) in [5.74, 6) is 1.16. The van der Waals surface area contributed by atoms with Crippen molar-refractivity contribution in [2.24, 2.45) is 0 Å². The number of hydrogen-bond donors (Lipinski definition) is 2. The SMILES string of the molecule is Cc1ccc(CNc2cnnc(Nc3ccc(C(C)(C)C)cc3)n2)cc1. The summed E-state index contributed by atoms with van der Waals surface area (Å²) in [6.45, 7) is 9.37. The molecule has 0 saturated heterocycles. The standard InChI is InChI=1S/C21H25N5/c1-15-5-7-16(8-6-15)13-22-19-14-23-26-20(25-19)24-18-11-9-17(10-12-18)21(2,3)4/h5-12,14H,13H2,1-4H3,(H2,22,24,25,26). The van der Waals surface area contributed by atoms with Gasteiger partial charge in [0.05, 0.1) is 6.20 Å². The minimum absolute atomic E-state index is 0.135. The number of anilines is 3. The van der Waals surface area contributed by atoms with Crippen LogP contribution in [0.25, 0.3) is 0 Å². The Morgan fingerprint density at radius 1 is 0.923 bits per heavy atom. The number of aromatic nitrogens is 3. The van der Waals surface area contributed by atoms with Crippen molar-refractivity contribution in [3.05, 3.63) is 71.4 Å². The summed E-state index contributed by atoms with van der Waals surface area (Å²) in [5.41, 5.74) is 4.81. The molecule has 5 nitrogen and oxygen atoms in total. The third-order valence-corrected chi connectivity index (χ3v) is 4.16. The number of aryl methyl sites for hydroxylation is 1. The summed E-state index contributed by atoms with van der Waals surface area (Å²) in [4.78, 5) is 4.48. The van der Waals surface area contributed by atoms with Crippen molar-refractivity contribution in [2.75, 3.05) is 10.6 Å². The molecule has 3 aromatic rings. The molecule has 0 radical (unpaired) electrons. The Morgan fingerprint density at radius 3 is 2.27 bits per heavy atom. The van der Waals surface area contributed by atoms with Gasteiger partial charge in [0.1, 0.15) is 0 Å². The highest BCUT2D eigenvalue weighted by Gasteiger charge is 2.13. The fraction of sp³-hybridized carbons (Fsp3) is 0.286. The van der Waals surface area contributed by atoms with Crippen molar-refractivity contribution >= 4 is 17.5 Å². The van der Waals surface area contributed by atoms with E-state index in [0.717, 1.165) is 5.69 Å². The Kier molecular flexibility index (Phi) is 5.16. The van der Waals surface area contributed by atoms with Crippen LogP contribution in [-0.4, -0.2) is 15.2 Å². The molecule has 0 saturated carbocycles. The molecular weight excluding hydrogens is 322 g/mol. The summed E-state index contributed by atoms with van der Waals surface area (Å²) < 4.78 is 0. The zero-order valence-electron chi connectivity index (χ0n) is 15.7. The van der Waals surface area contributed by atoms with E-state index in [4.69, 9.17) is 0 Å². The molecule has 2 N–H and O–H groups in total. The van der Waals surface area contributed by atoms with E-state index >= 15 is 0 Å². The lowest BCUT2D eigenvalue weighted by Gasteiger charge is -2.19. The van der Waals surface area contributed by atoms with E-state index in [1.165, 1.54) is 16.7 Å². The predicted molar refractivity (Wildman–Crippen MR) is 107 cm³/mol. The zero-order chi connectivity index (χ0) is 18.6. The molecule has 0 aliphatic rings. The maximum Gasteiger partial charge on any atom is 0.249 e. The van der Waals surface area contributed by atoms with Crippen LogP contribution in [0.2, 0.25) is 0 Å². The van der Waals surface area contributed by atoms with Crippen molar-refractivity contribution in [3.63, 3.8) is 0 Å². The van der Waals surface area contributed by atoms with Crippen LogP contribution in [0, 0.1) is 6.92 Å². The zero-order valence-corrected chi connectivity index (χ0v) is 15.7. The summed E-state index contributed by atoms with van der Waals surface area (Å²) in [6, 6.07) is 16.7. The normalized spacial score (nSPS) is 11.2. The van der Waals surface area contributed by atoms with Gasteiger partial charge >= 0.3 is 0 Å². The van der Waals surface area contributed by atoms with E-state index < -0.39 is 0 Å². The lowest BCUT2D eigenvalue weighted by Crippen LogP contribution is -2.10. The highest BCUT2D eigenvalue weighted by Crippen LogP contribution is 2.24. The van der Waals surface area contributed by atoms with Crippen molar-refractivity contribution in [1.82, 2.24) is 15.2 Å². The van der Waals surface area contributed by atoms with Crippen LogP contribution in [0.4, 0.5) is 17.5 Å². The molecule has 0 spiro atoms. The van der Waals surface area contributed by atoms with Crippen molar-refractivity contribution in [1.29, 1.82) is 0 Å². The first-order chi connectivity index (χ1) is 12.4. The van der Waals surface area contributed by atoms with Gasteiger partial charge in [0, 0.05) is 12.2 Å². The van der Waals surface area contributed by atoms with Crippen molar-refractivity contribution in [2.45, 2.75) is 39.7 Å². The maximum atomic E-state index is 4.48. The topological polar surface area (TPSA) is 62.7 Å². The highest BCUT2D eigenvalue weighted by atomic mass is 15.3. The molecule has 0 aliphatic carbocycles. The van der Waals surface area contributed by atoms with E-state index in [1.54, 1.807) is 6.20 Å². The fourth-order valence-electron chi connectivity index (χ4n) is 2.52. The van der Waals surface area contributed by atoms with Gasteiger partial charge in [-0.15, -0.1) is 5.10 Å². The average molecular weight is 347 g/mol. The highest BCUT2D eigenvalue weighted by molar-refractivity contribution is 5.55. The molecule has 3 rings (SSSR count). The monoisotopic (exact) mass is 347 g/mol. The van der Waals surface area contributed by atoms with Gasteiger partial charge in [-0.05, 0) is 35.6 Å². The van der Waals surface area contributed by atoms with Crippen LogP contribution in [0.3, 0.4) is 0 Å². The summed E-state index contributed by atoms with van der Waals surface area (Å²) >= 11 is 0. The number of benzene rings is 2. The molecule has 26 heavy (non-hydrogen) atoms. The van der Waals surface area contributed by atoms with E-state index in [0.29, 0.717) is 18.3 Å². The van der Waals surface area contributed by atoms with Crippen molar-refractivity contribution in [3.8, 4) is 0 Å². The second kappa shape index (κ2) is 7.52. The van der Waals surface area contributed by atoms with Crippen LogP contribution < -0.4 is 10.6 Å². The minimum atomic E-state index is 0.135. The van der Waals surface area contributed by atoms with Crippen LogP contribution in [0.5, 0.6) is 0 Å². The Balaban J connectivity index is 1.64. The number of hydrogen-bond acceptors (Lipinski definition) is 5. The summed E-state index contributed by atoms with van der Waals surface area (Å²) in [5, 5.41) is 14.6. The molecule has 2 aromatic carbocycles. The Hall–Kier alpha value is -2.95. The third kappa shape index (κ3) is 4.79. The van der Waals surface area contributed by atoms with Crippen LogP contribution in [0.1, 0.15) is 37.5 Å². The van der Waals surface area contributed by atoms with Gasteiger partial charge in [0.25, 0.3) is 0 Å². The fourth-order valence-corrected chi connectivity index (χ4v) is 2.52. The number of nitrogens with zero attached hydrogens (tertiary/aromatic N) is 3. The van der Waals surface area contributed by atoms with Gasteiger partial charge < -0.3 is 10.6 Å². The van der Waals surface area contributed by atoms with Gasteiger partial charge in [0.15, 0.2) is 5.82 Å². The third-order valence-electron chi connectivity index (χ3n) is 4.16. The second-order valence-corrected chi connectivity index (χ2v) is 7.46. The van der Waals surface area contributed by atoms with E-state index in [1.807, 2.05) is 12.1 Å². The first-order valence-electron chi connectivity index (χ1n) is 8.77. The van der Waals surface area contributed by atoms with Crippen LogP contribution in [0.15, 0.2) is 54.7 Å². The van der Waals surface area contributed by atoms with E-state index in [2.05, 4.69) is 89.9 Å². The summed E-state index contributed by atoms with van der Waals surface area (Å²) in [6.07, 6.45) is 1.63. The molecule has 0 bridgehead atoms. The molecule has 1 aromatic heterocycles. The van der Waals surface area contributed by atoms with E-state index in [9.17, 15) is 0 Å². The molecule has 0 amide bonds. The lowest BCUT2D eigenvalue weighted by molar-refractivity contribution is 0.590. The molecule has 0 fully saturated rings. The first-order valence-corrected chi connectivity index (χ1v) is 8.77. The number of rotatable bonds is 5. The van der Waals surface area contributed by atoms with Gasteiger partial charge in [0.2, 0.25) is 5.95 Å². The number of nitrogens with one attached hydrogen (secondary N) is 2. The van der Waals surface area contributed by atoms with Crippen molar-refractivity contribution < 1.29 is 0 Å². The predicted octanol–water partition coefficient (Wildman–Crippen LogP) is 4.83. The van der Waals surface area contributed by atoms with Crippen LogP contribution >= 0.6 is 0 Å². The first kappa shape index (κ1) is 17.9. The Labute approximate surface area is 154 Å². The molecular formula is C21H25N5. The lowest BCUT2D eigenvalue weighted by atomic mass is 9.87. The molecule has 0 aliphatic heterocycles. The van der Waals surface area contributed by atoms with Gasteiger partial charge in [-0.1, -0.05) is 62.7 Å². The van der Waals surface area contributed by atoms with Gasteiger partial charge in [-0.3, -0.25) is 0 Å². The van der Waals surface area contributed by atoms with Gasteiger partial charge in [-0.2, -0.15) is 10.1 Å². The Bertz CT molecular complexity index is 849. The molecule has 0 atom stereocenters. The molecule has 1 heterocycles. The molecule has 5 heteroatoms. The maximum absolute atomic E-state index is 4.48. The molecule has 134 valence electrons. The average Bonchev–Trinajstić information content (AvgIpc) is 2.61. The minimum Gasteiger partial charge on any atom is -0.365 e. The second-order valence-electron chi connectivity index (χ2n) is 7.46. The van der Waals surface area contributed by atoms with Crippen LogP contribution in [-0.2, 0) is 12.0 Å². The molecule has 0 unspecified atom stereocenters. The smallest absolute Gasteiger partial charge is 0.249 e. The van der Waals surface area contributed by atoms with E-state index in [-0.39, 0.29) is 5.41 Å². The Morgan fingerprint density at radius 2 is 1.62 bits per heavy atom. The summed E-state index contributed by atoms with van der Waals surface area (Å²) in [7, 11) is 0. The largest absolute Gasteiger partial charge is 0.365 e. The quantitative estimate of drug-likeness (QED) is 0.692. The van der Waals surface area contributed by atoms with Gasteiger partial charge in [-0.25, -0.2) is 0 Å².